The number of methoxy groups -OCH3 is 1. The van der Waals surface area contributed by atoms with Crippen LogP contribution in [0.15, 0.2) is 59.2 Å². The Kier molecular flexibility index (Phi) is 4.93. The summed E-state index contributed by atoms with van der Waals surface area (Å²) in [5, 5.41) is 14.4. The minimum absolute atomic E-state index is 0.159. The average Bonchev–Trinajstić information content (AvgIpc) is 3.30. The van der Waals surface area contributed by atoms with E-state index in [0.717, 1.165) is 0 Å². The number of hydrogen-bond donors (Lipinski definition) is 0. The van der Waals surface area contributed by atoms with E-state index in [2.05, 4.69) is 5.10 Å². The fourth-order valence-electron chi connectivity index (χ4n) is 2.27. The standard InChI is InChI=1S/C18H15N3O5/c1-25-14-4-2-13(3-5-14)17(22)9-8-15-6-7-16(26-15)12-20-11-10-18(19-20)21(23)24/h2-11H,12H2,1H3/b9-8+. The van der Waals surface area contributed by atoms with Crippen LogP contribution < -0.4 is 4.74 Å². The van der Waals surface area contributed by atoms with Crippen LogP contribution in [0.2, 0.25) is 0 Å². The zero-order valence-electron chi connectivity index (χ0n) is 13.9. The minimum atomic E-state index is -0.558. The van der Waals surface area contributed by atoms with Crippen LogP contribution in [0.5, 0.6) is 5.75 Å². The van der Waals surface area contributed by atoms with Crippen molar-refractivity contribution in [2.24, 2.45) is 0 Å². The number of nitrogens with zero attached hydrogens (tertiary/aromatic N) is 3. The third kappa shape index (κ3) is 4.04. The average molecular weight is 353 g/mol. The maximum absolute atomic E-state index is 12.1. The first-order valence-corrected chi connectivity index (χ1v) is 7.68. The van der Waals surface area contributed by atoms with Gasteiger partial charge in [-0.3, -0.25) is 4.79 Å². The number of nitro groups is 1. The summed E-state index contributed by atoms with van der Waals surface area (Å²) in [7, 11) is 1.56. The Morgan fingerprint density at radius 3 is 2.69 bits per heavy atom. The first-order valence-electron chi connectivity index (χ1n) is 7.68. The molecule has 0 aliphatic carbocycles. The Labute approximate surface area is 148 Å². The number of carbonyl (C=O) groups is 1. The molecule has 132 valence electrons. The fourth-order valence-corrected chi connectivity index (χ4v) is 2.27. The van der Waals surface area contributed by atoms with Gasteiger partial charge in [-0.2, -0.15) is 4.68 Å². The lowest BCUT2D eigenvalue weighted by atomic mass is 10.1. The van der Waals surface area contributed by atoms with Gasteiger partial charge in [-0.1, -0.05) is 0 Å². The van der Waals surface area contributed by atoms with E-state index in [0.29, 0.717) is 22.8 Å². The van der Waals surface area contributed by atoms with E-state index in [4.69, 9.17) is 9.15 Å². The molecule has 3 rings (SSSR count). The first-order chi connectivity index (χ1) is 12.5. The summed E-state index contributed by atoms with van der Waals surface area (Å²) in [6.07, 6.45) is 4.49. The van der Waals surface area contributed by atoms with Crippen LogP contribution in [0.25, 0.3) is 6.08 Å². The van der Waals surface area contributed by atoms with Gasteiger partial charge in [-0.15, -0.1) is 0 Å². The van der Waals surface area contributed by atoms with Crippen LogP contribution in [0.3, 0.4) is 0 Å². The Hall–Kier alpha value is -3.68. The highest BCUT2D eigenvalue weighted by Crippen LogP contribution is 2.15. The van der Waals surface area contributed by atoms with Crippen molar-refractivity contribution in [3.8, 4) is 5.75 Å². The molecule has 0 radical (unpaired) electrons. The normalized spacial score (nSPS) is 11.0. The van der Waals surface area contributed by atoms with E-state index in [-0.39, 0.29) is 18.1 Å². The molecule has 2 heterocycles. The number of furan rings is 1. The van der Waals surface area contributed by atoms with E-state index in [9.17, 15) is 14.9 Å². The summed E-state index contributed by atoms with van der Waals surface area (Å²) in [5.41, 5.74) is 0.540. The molecule has 3 aromatic rings. The second kappa shape index (κ2) is 7.47. The summed E-state index contributed by atoms with van der Waals surface area (Å²) < 4.78 is 12.1. The Morgan fingerprint density at radius 2 is 2.04 bits per heavy atom. The zero-order valence-corrected chi connectivity index (χ0v) is 13.9. The summed E-state index contributed by atoms with van der Waals surface area (Å²) in [5.74, 6) is 1.37. The van der Waals surface area contributed by atoms with Gasteiger partial charge in [0.25, 0.3) is 0 Å². The van der Waals surface area contributed by atoms with Gasteiger partial charge in [-0.25, -0.2) is 0 Å². The number of carbonyl (C=O) groups excluding carboxylic acids is 1. The molecule has 0 aliphatic rings. The van der Waals surface area contributed by atoms with Crippen LogP contribution in [0, 0.1) is 10.1 Å². The molecule has 0 fully saturated rings. The van der Waals surface area contributed by atoms with Crippen molar-refractivity contribution in [2.75, 3.05) is 7.11 Å². The molecular weight excluding hydrogens is 338 g/mol. The number of aromatic nitrogens is 2. The lowest BCUT2D eigenvalue weighted by Crippen LogP contribution is -2.00. The number of rotatable bonds is 7. The Balaban J connectivity index is 1.64. The molecule has 8 heteroatoms. The summed E-state index contributed by atoms with van der Waals surface area (Å²) in [6, 6.07) is 11.6. The van der Waals surface area contributed by atoms with Crippen LogP contribution in [0.4, 0.5) is 5.82 Å². The van der Waals surface area contributed by atoms with Crippen molar-refractivity contribution in [3.05, 3.63) is 81.9 Å². The highest BCUT2D eigenvalue weighted by molar-refractivity contribution is 6.06. The molecule has 0 unspecified atom stereocenters. The van der Waals surface area contributed by atoms with Gasteiger partial charge in [0.1, 0.15) is 23.8 Å². The molecule has 0 spiro atoms. The zero-order chi connectivity index (χ0) is 18.5. The summed E-state index contributed by atoms with van der Waals surface area (Å²) >= 11 is 0. The number of ether oxygens (including phenoxy) is 1. The van der Waals surface area contributed by atoms with Crippen molar-refractivity contribution in [1.29, 1.82) is 0 Å². The molecule has 0 saturated carbocycles. The van der Waals surface area contributed by atoms with Crippen molar-refractivity contribution in [2.45, 2.75) is 6.54 Å². The quantitative estimate of drug-likeness (QED) is 0.279. The maximum atomic E-state index is 12.1. The lowest BCUT2D eigenvalue weighted by Gasteiger charge is -1.99. The van der Waals surface area contributed by atoms with Gasteiger partial charge in [0, 0.05) is 5.56 Å². The highest BCUT2D eigenvalue weighted by Gasteiger charge is 2.12. The molecule has 0 atom stereocenters. The van der Waals surface area contributed by atoms with Crippen LogP contribution >= 0.6 is 0 Å². The van der Waals surface area contributed by atoms with E-state index < -0.39 is 4.92 Å². The molecular formula is C18H15N3O5. The van der Waals surface area contributed by atoms with Gasteiger partial charge in [0.15, 0.2) is 5.78 Å². The third-order valence-electron chi connectivity index (χ3n) is 3.59. The van der Waals surface area contributed by atoms with Gasteiger partial charge < -0.3 is 19.3 Å². The fraction of sp³-hybridized carbons (Fsp3) is 0.111. The van der Waals surface area contributed by atoms with Gasteiger partial charge in [0.05, 0.1) is 24.5 Å². The van der Waals surface area contributed by atoms with E-state index in [1.54, 1.807) is 49.6 Å². The van der Waals surface area contributed by atoms with Crippen molar-refractivity contribution >= 4 is 17.7 Å². The first kappa shape index (κ1) is 17.2. The second-order valence-electron chi connectivity index (χ2n) is 5.36. The molecule has 26 heavy (non-hydrogen) atoms. The van der Waals surface area contributed by atoms with E-state index in [1.165, 1.54) is 23.0 Å². The predicted octanol–water partition coefficient (Wildman–Crippen LogP) is 3.34. The summed E-state index contributed by atoms with van der Waals surface area (Å²) in [6.45, 7) is 0.258. The smallest absolute Gasteiger partial charge is 0.389 e. The number of benzene rings is 1. The molecule has 0 amide bonds. The topological polar surface area (TPSA) is 100 Å². The van der Waals surface area contributed by atoms with E-state index >= 15 is 0 Å². The molecule has 8 nitrogen and oxygen atoms in total. The summed E-state index contributed by atoms with van der Waals surface area (Å²) in [4.78, 5) is 22.2. The maximum Gasteiger partial charge on any atom is 0.389 e. The lowest BCUT2D eigenvalue weighted by molar-refractivity contribution is -0.389. The van der Waals surface area contributed by atoms with Crippen LogP contribution in [0.1, 0.15) is 21.9 Å². The molecule has 1 aromatic carbocycles. The van der Waals surface area contributed by atoms with Crippen LogP contribution in [-0.4, -0.2) is 27.6 Å². The SMILES string of the molecule is COc1ccc(C(=O)/C=C/c2ccc(Cn3ccc([N+](=O)[O-])n3)o2)cc1. The molecule has 0 saturated heterocycles. The Bertz CT molecular complexity index is 953. The molecule has 0 N–H and O–H groups in total. The van der Waals surface area contributed by atoms with Gasteiger partial charge in [0.2, 0.25) is 0 Å². The second-order valence-corrected chi connectivity index (χ2v) is 5.36. The monoisotopic (exact) mass is 353 g/mol. The molecule has 0 bridgehead atoms. The molecule has 2 aromatic heterocycles. The van der Waals surface area contributed by atoms with Crippen molar-refractivity contribution in [3.63, 3.8) is 0 Å². The van der Waals surface area contributed by atoms with Crippen molar-refractivity contribution < 1.29 is 18.9 Å². The largest absolute Gasteiger partial charge is 0.497 e. The van der Waals surface area contributed by atoms with Crippen molar-refractivity contribution in [1.82, 2.24) is 9.78 Å². The number of ketones is 1. The van der Waals surface area contributed by atoms with E-state index in [1.807, 2.05) is 0 Å². The minimum Gasteiger partial charge on any atom is -0.497 e. The molecule has 0 aliphatic heterocycles. The Morgan fingerprint density at radius 1 is 1.27 bits per heavy atom. The van der Waals surface area contributed by atoms with Gasteiger partial charge in [-0.05, 0) is 53.5 Å². The van der Waals surface area contributed by atoms with Gasteiger partial charge >= 0.3 is 5.82 Å². The highest BCUT2D eigenvalue weighted by atomic mass is 16.6. The number of hydrogen-bond acceptors (Lipinski definition) is 6. The van der Waals surface area contributed by atoms with Crippen LogP contribution in [-0.2, 0) is 6.54 Å². The number of allylic oxidation sites excluding steroid dienone is 1. The third-order valence-corrected chi connectivity index (χ3v) is 3.59. The predicted molar refractivity (Wildman–Crippen MR) is 93.0 cm³/mol.